The summed E-state index contributed by atoms with van der Waals surface area (Å²) in [6.07, 6.45) is 2.93. The average Bonchev–Trinajstić information content (AvgIpc) is 3.10. The third-order valence-electron chi connectivity index (χ3n) is 4.32. The van der Waals surface area contributed by atoms with E-state index in [0.717, 1.165) is 23.8 Å². The van der Waals surface area contributed by atoms with Gasteiger partial charge >= 0.3 is 5.69 Å². The van der Waals surface area contributed by atoms with Gasteiger partial charge in [0, 0.05) is 27.2 Å². The molecule has 1 aliphatic rings. The van der Waals surface area contributed by atoms with Crippen LogP contribution in [-0.4, -0.2) is 37.4 Å². The molecule has 2 heterocycles. The summed E-state index contributed by atoms with van der Waals surface area (Å²) >= 11 is 0. The highest BCUT2D eigenvalue weighted by atomic mass is 16.3. The number of aliphatic hydroxyl groups is 1. The molecule has 0 aromatic carbocycles. The van der Waals surface area contributed by atoms with Crippen molar-refractivity contribution in [1.29, 1.82) is 0 Å². The van der Waals surface area contributed by atoms with Crippen molar-refractivity contribution >= 4 is 17.1 Å². The molecule has 1 fully saturated rings. The second-order valence-corrected chi connectivity index (χ2v) is 5.82. The van der Waals surface area contributed by atoms with Gasteiger partial charge in [-0.25, -0.2) is 4.79 Å². The summed E-state index contributed by atoms with van der Waals surface area (Å²) in [6.45, 7) is 0.874. The normalized spacial score (nSPS) is 16.3. The van der Waals surface area contributed by atoms with E-state index < -0.39 is 5.69 Å². The lowest BCUT2D eigenvalue weighted by Crippen LogP contribution is -2.36. The fourth-order valence-corrected chi connectivity index (χ4v) is 2.61. The number of hydrogen-bond acceptors (Lipinski definition) is 5. The zero-order valence-corrected chi connectivity index (χ0v) is 12.1. The van der Waals surface area contributed by atoms with Gasteiger partial charge in [-0.15, -0.1) is 0 Å². The van der Waals surface area contributed by atoms with Gasteiger partial charge in [-0.1, -0.05) is 0 Å². The molecule has 1 aliphatic carbocycles. The minimum Gasteiger partial charge on any atom is -0.396 e. The van der Waals surface area contributed by atoms with Gasteiger partial charge in [0.2, 0.25) is 5.95 Å². The topological polar surface area (TPSA) is 105 Å². The summed E-state index contributed by atoms with van der Waals surface area (Å²) in [5, 5.41) is 12.2. The number of aromatic amines is 1. The quantitative estimate of drug-likeness (QED) is 0.691. The maximum atomic E-state index is 12.0. The Bertz CT molecular complexity index is 796. The molecule has 21 heavy (non-hydrogen) atoms. The average molecular weight is 293 g/mol. The van der Waals surface area contributed by atoms with Crippen LogP contribution in [-0.2, 0) is 14.1 Å². The zero-order valence-electron chi connectivity index (χ0n) is 12.1. The Balaban J connectivity index is 1.92. The molecule has 2 aromatic heterocycles. The monoisotopic (exact) mass is 293 g/mol. The Kier molecular flexibility index (Phi) is 3.12. The maximum absolute atomic E-state index is 12.0. The van der Waals surface area contributed by atoms with Gasteiger partial charge in [0.05, 0.1) is 0 Å². The number of imidazole rings is 1. The van der Waals surface area contributed by atoms with Gasteiger partial charge in [-0.05, 0) is 24.7 Å². The van der Waals surface area contributed by atoms with Gasteiger partial charge in [0.1, 0.15) is 0 Å². The summed E-state index contributed by atoms with van der Waals surface area (Å²) in [5.41, 5.74) is 0.0197. The molecule has 0 unspecified atom stereocenters. The number of rotatable bonds is 5. The van der Waals surface area contributed by atoms with Crippen molar-refractivity contribution in [3.05, 3.63) is 20.8 Å². The van der Waals surface area contributed by atoms with Crippen molar-refractivity contribution < 1.29 is 5.11 Å². The van der Waals surface area contributed by atoms with Gasteiger partial charge < -0.3 is 15.4 Å². The lowest BCUT2D eigenvalue weighted by Gasteiger charge is -2.13. The van der Waals surface area contributed by atoms with E-state index in [1.807, 2.05) is 0 Å². The van der Waals surface area contributed by atoms with Crippen LogP contribution in [0.5, 0.6) is 0 Å². The molecule has 0 saturated heterocycles. The Morgan fingerprint density at radius 2 is 2.05 bits per heavy atom. The van der Waals surface area contributed by atoms with Crippen LogP contribution in [0.3, 0.4) is 0 Å². The molecule has 0 amide bonds. The number of anilines is 1. The predicted octanol–water partition coefficient (Wildman–Crippen LogP) is -0.465. The number of aryl methyl sites for hydroxylation is 1. The predicted molar refractivity (Wildman–Crippen MR) is 78.4 cm³/mol. The highest BCUT2D eigenvalue weighted by Crippen LogP contribution is 2.48. The standard InChI is InChI=1S/C13H19N5O3/c1-17-9-8(10(20)18(2)12(17)21)15-11(16-9)14-7-13(3-4-13)5-6-19/h19H,3-7H2,1-2H3,(H2,14,15,16). The summed E-state index contributed by atoms with van der Waals surface area (Å²) in [5.74, 6) is 0.479. The van der Waals surface area contributed by atoms with Crippen molar-refractivity contribution in [2.75, 3.05) is 18.5 Å². The van der Waals surface area contributed by atoms with E-state index in [1.165, 1.54) is 11.6 Å². The Morgan fingerprint density at radius 1 is 1.33 bits per heavy atom. The lowest BCUT2D eigenvalue weighted by atomic mass is 10.0. The zero-order chi connectivity index (χ0) is 15.2. The summed E-state index contributed by atoms with van der Waals surface area (Å²) < 4.78 is 2.40. The first kappa shape index (κ1) is 13.9. The van der Waals surface area contributed by atoms with E-state index in [4.69, 9.17) is 5.11 Å². The highest BCUT2D eigenvalue weighted by molar-refractivity contribution is 5.72. The van der Waals surface area contributed by atoms with Crippen LogP contribution in [0.1, 0.15) is 19.3 Å². The Labute approximate surface area is 120 Å². The number of nitrogens with zero attached hydrogens (tertiary/aromatic N) is 3. The molecule has 3 rings (SSSR count). The number of nitrogens with one attached hydrogen (secondary N) is 2. The molecule has 0 aliphatic heterocycles. The van der Waals surface area contributed by atoms with E-state index in [0.29, 0.717) is 23.7 Å². The van der Waals surface area contributed by atoms with Crippen LogP contribution in [0.2, 0.25) is 0 Å². The van der Waals surface area contributed by atoms with E-state index in [1.54, 1.807) is 7.05 Å². The molecule has 0 atom stereocenters. The first-order valence-corrected chi connectivity index (χ1v) is 6.98. The number of aliphatic hydroxyl groups excluding tert-OH is 1. The molecular weight excluding hydrogens is 274 g/mol. The number of fused-ring (bicyclic) bond motifs is 1. The number of hydrogen-bond donors (Lipinski definition) is 3. The molecule has 8 nitrogen and oxygen atoms in total. The summed E-state index contributed by atoms with van der Waals surface area (Å²) in [7, 11) is 3.03. The van der Waals surface area contributed by atoms with E-state index in [-0.39, 0.29) is 17.6 Å². The molecular formula is C13H19N5O3. The first-order valence-electron chi connectivity index (χ1n) is 6.98. The van der Waals surface area contributed by atoms with Crippen molar-refractivity contribution in [2.45, 2.75) is 19.3 Å². The molecule has 2 aromatic rings. The molecule has 1 saturated carbocycles. The summed E-state index contributed by atoms with van der Waals surface area (Å²) in [6, 6.07) is 0. The first-order chi connectivity index (χ1) is 9.97. The maximum Gasteiger partial charge on any atom is 0.332 e. The molecule has 8 heteroatoms. The van der Waals surface area contributed by atoms with E-state index >= 15 is 0 Å². The smallest absolute Gasteiger partial charge is 0.332 e. The number of aromatic nitrogens is 4. The fraction of sp³-hybridized carbons (Fsp3) is 0.615. The number of H-pyrrole nitrogens is 1. The van der Waals surface area contributed by atoms with Crippen LogP contribution in [0, 0.1) is 5.41 Å². The summed E-state index contributed by atoms with van der Waals surface area (Å²) in [4.78, 5) is 31.1. The van der Waals surface area contributed by atoms with Gasteiger partial charge in [0.15, 0.2) is 11.2 Å². The van der Waals surface area contributed by atoms with Gasteiger partial charge in [-0.3, -0.25) is 13.9 Å². The SMILES string of the molecule is Cn1c(=O)c2[nH]c(NCC3(CCO)CC3)nc2n(C)c1=O. The van der Waals surface area contributed by atoms with E-state index in [9.17, 15) is 9.59 Å². The van der Waals surface area contributed by atoms with Crippen LogP contribution >= 0.6 is 0 Å². The lowest BCUT2D eigenvalue weighted by molar-refractivity contribution is 0.253. The van der Waals surface area contributed by atoms with Crippen LogP contribution in [0.4, 0.5) is 5.95 Å². The largest absolute Gasteiger partial charge is 0.396 e. The third kappa shape index (κ3) is 2.25. The Morgan fingerprint density at radius 3 is 2.67 bits per heavy atom. The third-order valence-corrected chi connectivity index (χ3v) is 4.32. The molecule has 0 spiro atoms. The Hall–Kier alpha value is -2.09. The van der Waals surface area contributed by atoms with E-state index in [2.05, 4.69) is 15.3 Å². The van der Waals surface area contributed by atoms with Crippen LogP contribution in [0.25, 0.3) is 11.2 Å². The minimum atomic E-state index is -0.399. The highest BCUT2D eigenvalue weighted by Gasteiger charge is 2.41. The molecule has 3 N–H and O–H groups in total. The van der Waals surface area contributed by atoms with Gasteiger partial charge in [0.25, 0.3) is 5.56 Å². The second-order valence-electron chi connectivity index (χ2n) is 5.82. The minimum absolute atomic E-state index is 0.143. The molecule has 0 radical (unpaired) electrons. The fourth-order valence-electron chi connectivity index (χ4n) is 2.61. The van der Waals surface area contributed by atoms with Crippen molar-refractivity contribution in [3.63, 3.8) is 0 Å². The van der Waals surface area contributed by atoms with Gasteiger partial charge in [-0.2, -0.15) is 4.98 Å². The molecule has 114 valence electrons. The van der Waals surface area contributed by atoms with Crippen molar-refractivity contribution in [3.8, 4) is 0 Å². The molecule has 0 bridgehead atoms. The van der Waals surface area contributed by atoms with Crippen molar-refractivity contribution in [1.82, 2.24) is 19.1 Å². The van der Waals surface area contributed by atoms with Crippen LogP contribution in [0.15, 0.2) is 9.59 Å². The second kappa shape index (κ2) is 4.73. The van der Waals surface area contributed by atoms with Crippen LogP contribution < -0.4 is 16.6 Å². The van der Waals surface area contributed by atoms with Crippen molar-refractivity contribution in [2.24, 2.45) is 19.5 Å².